The summed E-state index contributed by atoms with van der Waals surface area (Å²) in [6.45, 7) is 1.42. The average Bonchev–Trinajstić information content (AvgIpc) is 2.86. The fraction of sp³-hybridized carbons (Fsp3) is 0.111. The van der Waals surface area contributed by atoms with Gasteiger partial charge in [0.2, 0.25) is 0 Å². The molecular formula is C27H21ClN2O4. The molecule has 34 heavy (non-hydrogen) atoms. The van der Waals surface area contributed by atoms with Gasteiger partial charge in [-0.1, -0.05) is 72.3 Å². The lowest BCUT2D eigenvalue weighted by Gasteiger charge is -2.16. The van der Waals surface area contributed by atoms with Crippen LogP contribution in [-0.2, 0) is 11.3 Å². The zero-order chi connectivity index (χ0) is 24.1. The maximum Gasteiger partial charge on any atom is 0.344 e. The van der Waals surface area contributed by atoms with Gasteiger partial charge in [0, 0.05) is 21.7 Å². The van der Waals surface area contributed by atoms with Crippen molar-refractivity contribution in [2.75, 3.05) is 6.61 Å². The summed E-state index contributed by atoms with van der Waals surface area (Å²) in [7, 11) is 0. The van der Waals surface area contributed by atoms with Crippen molar-refractivity contribution in [1.82, 2.24) is 9.78 Å². The van der Waals surface area contributed by atoms with Gasteiger partial charge in [-0.05, 0) is 36.8 Å². The first-order chi connectivity index (χ1) is 16.5. The number of nitrogens with zero attached hydrogens (tertiary/aromatic N) is 2. The van der Waals surface area contributed by atoms with E-state index in [4.69, 9.17) is 16.3 Å². The molecule has 1 heterocycles. The van der Waals surface area contributed by atoms with Gasteiger partial charge in [-0.3, -0.25) is 9.59 Å². The van der Waals surface area contributed by atoms with Gasteiger partial charge in [0.1, 0.15) is 12.1 Å². The van der Waals surface area contributed by atoms with Gasteiger partial charge < -0.3 is 4.74 Å². The molecule has 0 bridgehead atoms. The van der Waals surface area contributed by atoms with E-state index in [2.05, 4.69) is 5.10 Å². The molecule has 0 atom stereocenters. The second-order valence-electron chi connectivity index (χ2n) is 7.44. The van der Waals surface area contributed by atoms with Gasteiger partial charge in [0.15, 0.2) is 5.78 Å². The summed E-state index contributed by atoms with van der Waals surface area (Å²) in [5.74, 6) is -1.11. The van der Waals surface area contributed by atoms with E-state index in [1.165, 1.54) is 0 Å². The molecule has 4 rings (SSSR count). The first-order valence-corrected chi connectivity index (χ1v) is 11.1. The van der Waals surface area contributed by atoms with E-state index < -0.39 is 11.5 Å². The molecule has 0 aliphatic rings. The Kier molecular flexibility index (Phi) is 6.99. The number of Topliss-reactive ketones (excluding diaryl/α,β-unsaturated/α-hetero) is 1. The van der Waals surface area contributed by atoms with Gasteiger partial charge in [-0.2, -0.15) is 5.10 Å². The van der Waals surface area contributed by atoms with E-state index in [0.29, 0.717) is 33.0 Å². The van der Waals surface area contributed by atoms with Crippen LogP contribution in [0.25, 0.3) is 22.4 Å². The van der Waals surface area contributed by atoms with Crippen LogP contribution in [0.4, 0.5) is 0 Å². The lowest BCUT2D eigenvalue weighted by atomic mass is 9.95. The predicted octanol–water partition coefficient (Wildman–Crippen LogP) is 5.29. The van der Waals surface area contributed by atoms with E-state index in [9.17, 15) is 14.4 Å². The highest BCUT2D eigenvalue weighted by molar-refractivity contribution is 6.30. The van der Waals surface area contributed by atoms with Gasteiger partial charge in [-0.25, -0.2) is 9.48 Å². The fourth-order valence-corrected chi connectivity index (χ4v) is 3.74. The Morgan fingerprint density at radius 2 is 1.47 bits per heavy atom. The third-order valence-corrected chi connectivity index (χ3v) is 5.46. The second-order valence-corrected chi connectivity index (χ2v) is 7.88. The summed E-state index contributed by atoms with van der Waals surface area (Å²) in [5, 5.41) is 5.05. The highest BCUT2D eigenvalue weighted by Crippen LogP contribution is 2.32. The minimum atomic E-state index is -0.765. The molecule has 0 spiro atoms. The van der Waals surface area contributed by atoms with Crippen molar-refractivity contribution in [2.45, 2.75) is 13.5 Å². The van der Waals surface area contributed by atoms with Crippen molar-refractivity contribution in [3.63, 3.8) is 0 Å². The summed E-state index contributed by atoms with van der Waals surface area (Å²) in [6, 6.07) is 24.6. The monoisotopic (exact) mass is 472 g/mol. The Bertz CT molecular complexity index is 1380. The molecule has 1 aromatic heterocycles. The first kappa shape index (κ1) is 23.1. The number of carbonyl (C=O) groups excluding carboxylic acids is 2. The zero-order valence-corrected chi connectivity index (χ0v) is 19.2. The smallest absolute Gasteiger partial charge is 0.344 e. The minimum absolute atomic E-state index is 0.0964. The molecule has 0 amide bonds. The lowest BCUT2D eigenvalue weighted by molar-refractivity contribution is 0.0523. The summed E-state index contributed by atoms with van der Waals surface area (Å²) >= 11 is 5.92. The Morgan fingerprint density at radius 3 is 2.06 bits per heavy atom. The number of esters is 1. The SMILES string of the molecule is CCOC(=O)c1c(-c2ccccc2)c(-c2ccccc2)nn(CC(=O)c2ccc(Cl)cc2)c1=O. The summed E-state index contributed by atoms with van der Waals surface area (Å²) in [4.78, 5) is 39.5. The predicted molar refractivity (Wildman–Crippen MR) is 131 cm³/mol. The lowest BCUT2D eigenvalue weighted by Crippen LogP contribution is -2.33. The third kappa shape index (κ3) is 4.82. The van der Waals surface area contributed by atoms with E-state index in [-0.39, 0.29) is 24.5 Å². The van der Waals surface area contributed by atoms with Crippen LogP contribution in [0.1, 0.15) is 27.6 Å². The quantitative estimate of drug-likeness (QED) is 0.270. The Morgan fingerprint density at radius 1 is 0.882 bits per heavy atom. The van der Waals surface area contributed by atoms with Crippen LogP contribution in [0.5, 0.6) is 0 Å². The van der Waals surface area contributed by atoms with Gasteiger partial charge in [0.25, 0.3) is 5.56 Å². The highest BCUT2D eigenvalue weighted by atomic mass is 35.5. The molecule has 0 unspecified atom stereocenters. The molecule has 6 nitrogen and oxygen atoms in total. The van der Waals surface area contributed by atoms with Crippen molar-refractivity contribution < 1.29 is 14.3 Å². The van der Waals surface area contributed by atoms with Gasteiger partial charge in [0.05, 0.1) is 12.3 Å². The normalized spacial score (nSPS) is 10.6. The van der Waals surface area contributed by atoms with E-state index in [0.717, 1.165) is 4.68 Å². The summed E-state index contributed by atoms with van der Waals surface area (Å²) in [6.07, 6.45) is 0. The number of ether oxygens (including phenoxy) is 1. The molecule has 0 N–H and O–H groups in total. The number of benzene rings is 3. The van der Waals surface area contributed by atoms with Crippen molar-refractivity contribution in [3.05, 3.63) is 111 Å². The molecule has 0 aliphatic carbocycles. The largest absolute Gasteiger partial charge is 0.462 e. The topological polar surface area (TPSA) is 78.3 Å². The van der Waals surface area contributed by atoms with Crippen molar-refractivity contribution in [2.24, 2.45) is 0 Å². The van der Waals surface area contributed by atoms with Crippen molar-refractivity contribution in [3.8, 4) is 22.4 Å². The number of aromatic nitrogens is 2. The zero-order valence-electron chi connectivity index (χ0n) is 18.4. The van der Waals surface area contributed by atoms with Crippen LogP contribution in [0, 0.1) is 0 Å². The van der Waals surface area contributed by atoms with Crippen LogP contribution in [0.2, 0.25) is 5.02 Å². The first-order valence-electron chi connectivity index (χ1n) is 10.7. The van der Waals surface area contributed by atoms with Crippen LogP contribution >= 0.6 is 11.6 Å². The fourth-order valence-electron chi connectivity index (χ4n) is 3.62. The van der Waals surface area contributed by atoms with E-state index in [1.807, 2.05) is 48.5 Å². The number of halogens is 1. The van der Waals surface area contributed by atoms with Crippen LogP contribution in [0.3, 0.4) is 0 Å². The molecule has 0 aliphatic heterocycles. The number of rotatable bonds is 7. The number of carbonyl (C=O) groups is 2. The van der Waals surface area contributed by atoms with Crippen LogP contribution < -0.4 is 5.56 Å². The average molecular weight is 473 g/mol. The van der Waals surface area contributed by atoms with Crippen molar-refractivity contribution in [1.29, 1.82) is 0 Å². The summed E-state index contributed by atoms with van der Waals surface area (Å²) < 4.78 is 6.27. The standard InChI is InChI=1S/C27H21ClN2O4/c1-2-34-27(33)24-23(19-9-5-3-6-10-19)25(20-11-7-4-8-12-20)29-30(26(24)32)17-22(31)18-13-15-21(28)16-14-18/h3-16H,2,17H2,1H3. The highest BCUT2D eigenvalue weighted by Gasteiger charge is 2.26. The molecule has 0 radical (unpaired) electrons. The number of ketones is 1. The molecule has 3 aromatic carbocycles. The maximum absolute atomic E-state index is 13.5. The van der Waals surface area contributed by atoms with E-state index >= 15 is 0 Å². The molecular weight excluding hydrogens is 452 g/mol. The third-order valence-electron chi connectivity index (χ3n) is 5.20. The maximum atomic E-state index is 13.5. The molecule has 170 valence electrons. The Labute approximate surface area is 201 Å². The Hall–Kier alpha value is -4.03. The molecule has 4 aromatic rings. The molecule has 7 heteroatoms. The van der Waals surface area contributed by atoms with Gasteiger partial charge >= 0.3 is 5.97 Å². The Balaban J connectivity index is 1.95. The number of hydrogen-bond acceptors (Lipinski definition) is 5. The molecule has 0 saturated heterocycles. The van der Waals surface area contributed by atoms with Crippen LogP contribution in [0.15, 0.2) is 89.7 Å². The molecule has 0 saturated carbocycles. The van der Waals surface area contributed by atoms with Crippen LogP contribution in [-0.4, -0.2) is 28.1 Å². The van der Waals surface area contributed by atoms with E-state index in [1.54, 1.807) is 43.3 Å². The summed E-state index contributed by atoms with van der Waals surface area (Å²) in [5.41, 5.74) is 1.63. The van der Waals surface area contributed by atoms with Crippen molar-refractivity contribution >= 4 is 23.4 Å². The second kappa shape index (κ2) is 10.3. The minimum Gasteiger partial charge on any atom is -0.462 e. The van der Waals surface area contributed by atoms with Gasteiger partial charge in [-0.15, -0.1) is 0 Å². The number of hydrogen-bond donors (Lipinski definition) is 0. The molecule has 0 fully saturated rings.